The minimum Gasteiger partial charge on any atom is -0.396 e. The minimum absolute atomic E-state index is 0.0530. The van der Waals surface area contributed by atoms with Crippen molar-refractivity contribution in [3.05, 3.63) is 35.4 Å². The molecule has 0 aromatic heterocycles. The summed E-state index contributed by atoms with van der Waals surface area (Å²) in [7, 11) is 0. The van der Waals surface area contributed by atoms with Crippen molar-refractivity contribution in [1.29, 1.82) is 0 Å². The van der Waals surface area contributed by atoms with Crippen molar-refractivity contribution < 1.29 is 13.9 Å². The van der Waals surface area contributed by atoms with E-state index < -0.39 is 11.6 Å². The van der Waals surface area contributed by atoms with Gasteiger partial charge in [0.25, 0.3) is 0 Å². The van der Waals surface area contributed by atoms with Crippen LogP contribution in [0.4, 0.5) is 8.78 Å². The van der Waals surface area contributed by atoms with E-state index in [1.807, 2.05) is 0 Å². The zero-order chi connectivity index (χ0) is 10.6. The minimum atomic E-state index is -0.887. The zero-order valence-corrected chi connectivity index (χ0v) is 7.71. The monoisotopic (exact) mass is 201 g/mol. The predicted octanol–water partition coefficient (Wildman–Crippen LogP) is 1.74. The number of aliphatic hydroxyl groups excluding tert-OH is 1. The molecular weight excluding hydrogens is 188 g/mol. The van der Waals surface area contributed by atoms with Gasteiger partial charge in [0.2, 0.25) is 0 Å². The molecule has 14 heavy (non-hydrogen) atoms. The van der Waals surface area contributed by atoms with Gasteiger partial charge in [0.15, 0.2) is 11.6 Å². The highest BCUT2D eigenvalue weighted by atomic mass is 19.2. The van der Waals surface area contributed by atoms with Gasteiger partial charge in [-0.15, -0.1) is 0 Å². The van der Waals surface area contributed by atoms with E-state index in [0.29, 0.717) is 18.4 Å². The molecule has 0 saturated heterocycles. The summed E-state index contributed by atoms with van der Waals surface area (Å²) in [6, 6.07) is 3.26. The Morgan fingerprint density at radius 2 is 2.00 bits per heavy atom. The first-order valence-electron chi connectivity index (χ1n) is 4.46. The standard InChI is InChI=1S/C10H13F2NO/c11-8-4-3-7(6-9(8)12)10(13)2-1-5-14/h3-4,6,10,14H,1-2,5,13H2/t10-/m0/s1. The first-order valence-corrected chi connectivity index (χ1v) is 4.46. The van der Waals surface area contributed by atoms with Crippen LogP contribution in [-0.4, -0.2) is 11.7 Å². The second-order valence-corrected chi connectivity index (χ2v) is 3.15. The lowest BCUT2D eigenvalue weighted by atomic mass is 10.0. The fourth-order valence-corrected chi connectivity index (χ4v) is 1.22. The molecule has 0 radical (unpaired) electrons. The summed E-state index contributed by atoms with van der Waals surface area (Å²) in [5.74, 6) is -1.76. The molecule has 1 aromatic rings. The largest absolute Gasteiger partial charge is 0.396 e. The van der Waals surface area contributed by atoms with E-state index in [2.05, 4.69) is 0 Å². The van der Waals surface area contributed by atoms with Gasteiger partial charge in [0, 0.05) is 12.6 Å². The maximum Gasteiger partial charge on any atom is 0.159 e. The van der Waals surface area contributed by atoms with Crippen molar-refractivity contribution in [2.75, 3.05) is 6.61 Å². The van der Waals surface area contributed by atoms with Crippen LogP contribution in [0.15, 0.2) is 18.2 Å². The van der Waals surface area contributed by atoms with Crippen molar-refractivity contribution in [3.63, 3.8) is 0 Å². The molecule has 0 amide bonds. The fourth-order valence-electron chi connectivity index (χ4n) is 1.22. The van der Waals surface area contributed by atoms with E-state index in [9.17, 15) is 8.78 Å². The fraction of sp³-hybridized carbons (Fsp3) is 0.400. The number of hydrogen-bond acceptors (Lipinski definition) is 2. The molecule has 0 unspecified atom stereocenters. The molecule has 1 atom stereocenters. The molecule has 0 aliphatic rings. The van der Waals surface area contributed by atoms with Crippen molar-refractivity contribution in [3.8, 4) is 0 Å². The van der Waals surface area contributed by atoms with Crippen LogP contribution in [0.3, 0.4) is 0 Å². The predicted molar refractivity (Wildman–Crippen MR) is 49.6 cm³/mol. The summed E-state index contributed by atoms with van der Waals surface area (Å²) >= 11 is 0. The summed E-state index contributed by atoms with van der Waals surface area (Å²) in [5, 5.41) is 8.57. The van der Waals surface area contributed by atoms with Gasteiger partial charge >= 0.3 is 0 Å². The Balaban J connectivity index is 2.70. The van der Waals surface area contributed by atoms with Gasteiger partial charge in [0.1, 0.15) is 0 Å². The summed E-state index contributed by atoms with van der Waals surface area (Å²) in [5.41, 5.74) is 6.25. The second-order valence-electron chi connectivity index (χ2n) is 3.15. The normalized spacial score (nSPS) is 12.9. The maximum absolute atomic E-state index is 12.8. The first-order chi connectivity index (χ1) is 6.65. The van der Waals surface area contributed by atoms with Crippen LogP contribution in [0.25, 0.3) is 0 Å². The topological polar surface area (TPSA) is 46.2 Å². The first kappa shape index (κ1) is 11.1. The van der Waals surface area contributed by atoms with E-state index in [1.54, 1.807) is 0 Å². The van der Waals surface area contributed by atoms with Crippen molar-refractivity contribution in [1.82, 2.24) is 0 Å². The molecule has 0 bridgehead atoms. The van der Waals surface area contributed by atoms with Crippen LogP contribution < -0.4 is 5.73 Å². The Kier molecular flexibility index (Phi) is 3.98. The highest BCUT2D eigenvalue weighted by molar-refractivity contribution is 5.20. The lowest BCUT2D eigenvalue weighted by Gasteiger charge is -2.11. The lowest BCUT2D eigenvalue weighted by Crippen LogP contribution is -2.11. The smallest absolute Gasteiger partial charge is 0.159 e. The third-order valence-electron chi connectivity index (χ3n) is 2.05. The number of benzene rings is 1. The summed E-state index contributed by atoms with van der Waals surface area (Å²) in [6.07, 6.45) is 1.11. The molecule has 0 aliphatic heterocycles. The molecule has 0 fully saturated rings. The van der Waals surface area contributed by atoms with Gasteiger partial charge in [-0.3, -0.25) is 0 Å². The van der Waals surface area contributed by atoms with Crippen molar-refractivity contribution >= 4 is 0 Å². The maximum atomic E-state index is 12.8. The Labute approximate surface area is 81.4 Å². The van der Waals surface area contributed by atoms with Crippen molar-refractivity contribution in [2.24, 2.45) is 5.73 Å². The van der Waals surface area contributed by atoms with Crippen molar-refractivity contribution in [2.45, 2.75) is 18.9 Å². The molecule has 78 valence electrons. The van der Waals surface area contributed by atoms with Crippen LogP contribution in [0, 0.1) is 11.6 Å². The number of aliphatic hydroxyl groups is 1. The van der Waals surface area contributed by atoms with Gasteiger partial charge in [-0.25, -0.2) is 8.78 Å². The Morgan fingerprint density at radius 3 is 2.57 bits per heavy atom. The van der Waals surface area contributed by atoms with Gasteiger partial charge in [-0.05, 0) is 30.5 Å². The molecule has 0 heterocycles. The van der Waals surface area contributed by atoms with E-state index in [0.717, 1.165) is 12.1 Å². The summed E-state index contributed by atoms with van der Waals surface area (Å²) in [4.78, 5) is 0. The van der Waals surface area contributed by atoms with Crippen LogP contribution in [0.5, 0.6) is 0 Å². The summed E-state index contributed by atoms with van der Waals surface area (Å²) in [6.45, 7) is 0.0530. The van der Waals surface area contributed by atoms with Gasteiger partial charge in [0.05, 0.1) is 0 Å². The quantitative estimate of drug-likeness (QED) is 0.779. The molecular formula is C10H13F2NO. The molecule has 4 heteroatoms. The average molecular weight is 201 g/mol. The molecule has 0 aliphatic carbocycles. The zero-order valence-electron chi connectivity index (χ0n) is 7.71. The average Bonchev–Trinajstić information content (AvgIpc) is 2.18. The highest BCUT2D eigenvalue weighted by Crippen LogP contribution is 2.17. The molecule has 1 rings (SSSR count). The number of rotatable bonds is 4. The second kappa shape index (κ2) is 5.02. The number of hydrogen-bond donors (Lipinski definition) is 2. The van der Waals surface area contributed by atoms with E-state index in [1.165, 1.54) is 6.07 Å². The van der Waals surface area contributed by atoms with Crippen LogP contribution in [0.1, 0.15) is 24.4 Å². The van der Waals surface area contributed by atoms with Crippen LogP contribution in [-0.2, 0) is 0 Å². The van der Waals surface area contributed by atoms with Gasteiger partial charge in [-0.1, -0.05) is 6.07 Å². The number of halogens is 2. The lowest BCUT2D eigenvalue weighted by molar-refractivity contribution is 0.280. The van der Waals surface area contributed by atoms with E-state index >= 15 is 0 Å². The van der Waals surface area contributed by atoms with Crippen LogP contribution >= 0.6 is 0 Å². The van der Waals surface area contributed by atoms with Gasteiger partial charge < -0.3 is 10.8 Å². The SMILES string of the molecule is N[C@@H](CCCO)c1ccc(F)c(F)c1. The van der Waals surface area contributed by atoms with E-state index in [4.69, 9.17) is 10.8 Å². The van der Waals surface area contributed by atoms with Gasteiger partial charge in [-0.2, -0.15) is 0 Å². The molecule has 0 spiro atoms. The third-order valence-corrected chi connectivity index (χ3v) is 2.05. The molecule has 2 nitrogen and oxygen atoms in total. The highest BCUT2D eigenvalue weighted by Gasteiger charge is 2.08. The van der Waals surface area contributed by atoms with E-state index in [-0.39, 0.29) is 12.6 Å². The summed E-state index contributed by atoms with van der Waals surface area (Å²) < 4.78 is 25.3. The molecule has 3 N–H and O–H groups in total. The molecule has 0 saturated carbocycles. The Bertz CT molecular complexity index is 304. The molecule has 1 aromatic carbocycles. The Hall–Kier alpha value is -1.00. The van der Waals surface area contributed by atoms with Crippen LogP contribution in [0.2, 0.25) is 0 Å². The Morgan fingerprint density at radius 1 is 1.29 bits per heavy atom. The third kappa shape index (κ3) is 2.75. The number of nitrogens with two attached hydrogens (primary N) is 1.